The number of hydrogen-bond donors (Lipinski definition) is 2. The van der Waals surface area contributed by atoms with Crippen molar-refractivity contribution >= 4 is 29.3 Å². The van der Waals surface area contributed by atoms with Gasteiger partial charge in [-0.2, -0.15) is 5.26 Å². The van der Waals surface area contributed by atoms with E-state index < -0.39 is 5.91 Å². The molecule has 3 aromatic carbocycles. The lowest BCUT2D eigenvalue weighted by molar-refractivity contribution is -0.118. The molecule has 0 atom stereocenters. The Morgan fingerprint density at radius 3 is 2.30 bits per heavy atom. The summed E-state index contributed by atoms with van der Waals surface area (Å²) in [6.07, 6.45) is 1.50. The largest absolute Gasteiger partial charge is 0.484 e. The number of nitriles is 1. The number of hydrogen-bond acceptors (Lipinski definition) is 4. The quantitative estimate of drug-likeness (QED) is 0.392. The molecule has 2 N–H and O–H groups in total. The molecule has 0 radical (unpaired) electrons. The number of aryl methyl sites for hydroxylation is 3. The molecule has 0 saturated heterocycles. The van der Waals surface area contributed by atoms with Gasteiger partial charge in [-0.05, 0) is 85.5 Å². The summed E-state index contributed by atoms with van der Waals surface area (Å²) in [6, 6.07) is 21.8. The highest BCUT2D eigenvalue weighted by molar-refractivity contribution is 6.09. The zero-order chi connectivity index (χ0) is 23.8. The van der Waals surface area contributed by atoms with E-state index in [-0.39, 0.29) is 18.1 Å². The maximum atomic E-state index is 12.4. The number of nitrogens with one attached hydrogen (secondary N) is 2. The van der Waals surface area contributed by atoms with Gasteiger partial charge in [0.2, 0.25) is 0 Å². The maximum Gasteiger partial charge on any atom is 0.266 e. The van der Waals surface area contributed by atoms with E-state index >= 15 is 0 Å². The number of benzene rings is 3. The molecule has 0 spiro atoms. The first kappa shape index (κ1) is 23.3. The molecular formula is C27H25N3O3. The second-order valence-corrected chi connectivity index (χ2v) is 7.70. The SMILES string of the molecule is Cc1cccc(NC(=O)/C(C#N)=C/c2ccc(OCC(=O)Nc3ccc(C)c(C)c3)cc2)c1. The highest BCUT2D eigenvalue weighted by atomic mass is 16.5. The summed E-state index contributed by atoms with van der Waals surface area (Å²) in [4.78, 5) is 24.6. The Kier molecular flexibility index (Phi) is 7.61. The molecule has 0 aromatic heterocycles. The first-order chi connectivity index (χ1) is 15.8. The van der Waals surface area contributed by atoms with E-state index in [9.17, 15) is 14.9 Å². The predicted octanol–water partition coefficient (Wildman–Crippen LogP) is 5.18. The van der Waals surface area contributed by atoms with Crippen LogP contribution in [0.2, 0.25) is 0 Å². The van der Waals surface area contributed by atoms with Crippen LogP contribution in [-0.2, 0) is 9.59 Å². The van der Waals surface area contributed by atoms with Crippen molar-refractivity contribution in [2.45, 2.75) is 20.8 Å². The van der Waals surface area contributed by atoms with Crippen LogP contribution in [0, 0.1) is 32.1 Å². The summed E-state index contributed by atoms with van der Waals surface area (Å²) in [7, 11) is 0. The number of ether oxygens (including phenoxy) is 1. The lowest BCUT2D eigenvalue weighted by Gasteiger charge is -2.09. The van der Waals surface area contributed by atoms with Gasteiger partial charge in [0.1, 0.15) is 17.4 Å². The first-order valence-electron chi connectivity index (χ1n) is 10.4. The van der Waals surface area contributed by atoms with Gasteiger partial charge in [0, 0.05) is 11.4 Å². The van der Waals surface area contributed by atoms with Crippen LogP contribution in [0.4, 0.5) is 11.4 Å². The van der Waals surface area contributed by atoms with Gasteiger partial charge in [0.25, 0.3) is 11.8 Å². The molecule has 6 heteroatoms. The van der Waals surface area contributed by atoms with E-state index in [4.69, 9.17) is 4.74 Å². The number of rotatable bonds is 7. The van der Waals surface area contributed by atoms with Crippen LogP contribution in [0.3, 0.4) is 0 Å². The molecule has 2 amide bonds. The van der Waals surface area contributed by atoms with Crippen LogP contribution in [-0.4, -0.2) is 18.4 Å². The van der Waals surface area contributed by atoms with E-state index in [1.807, 2.05) is 63.2 Å². The molecule has 33 heavy (non-hydrogen) atoms. The van der Waals surface area contributed by atoms with Crippen molar-refractivity contribution in [3.8, 4) is 11.8 Å². The lowest BCUT2D eigenvalue weighted by Crippen LogP contribution is -2.20. The summed E-state index contributed by atoms with van der Waals surface area (Å²) < 4.78 is 5.54. The maximum absolute atomic E-state index is 12.4. The standard InChI is InChI=1S/C27H25N3O3/c1-18-5-4-6-23(13-18)30-27(32)22(16-28)15-21-8-11-25(12-9-21)33-17-26(31)29-24-10-7-19(2)20(3)14-24/h4-15H,17H2,1-3H3,(H,29,31)(H,30,32)/b22-15+. The molecule has 0 unspecified atom stereocenters. The van der Waals surface area contributed by atoms with Gasteiger partial charge in [0.15, 0.2) is 6.61 Å². The van der Waals surface area contributed by atoms with Gasteiger partial charge < -0.3 is 15.4 Å². The highest BCUT2D eigenvalue weighted by Crippen LogP contribution is 2.17. The van der Waals surface area contributed by atoms with Gasteiger partial charge >= 0.3 is 0 Å². The first-order valence-corrected chi connectivity index (χ1v) is 10.4. The summed E-state index contributed by atoms with van der Waals surface area (Å²) in [5.41, 5.74) is 5.26. The highest BCUT2D eigenvalue weighted by Gasteiger charge is 2.10. The average Bonchev–Trinajstić information content (AvgIpc) is 2.79. The molecular weight excluding hydrogens is 414 g/mol. The van der Waals surface area contributed by atoms with Crippen LogP contribution >= 0.6 is 0 Å². The minimum absolute atomic E-state index is 0.0158. The van der Waals surface area contributed by atoms with Crippen molar-refractivity contribution in [2.24, 2.45) is 0 Å². The molecule has 6 nitrogen and oxygen atoms in total. The third-order valence-corrected chi connectivity index (χ3v) is 4.99. The number of nitrogens with zero attached hydrogens (tertiary/aromatic N) is 1. The Morgan fingerprint density at radius 1 is 0.909 bits per heavy atom. The smallest absolute Gasteiger partial charge is 0.266 e. The lowest BCUT2D eigenvalue weighted by atomic mass is 10.1. The Balaban J connectivity index is 1.57. The van der Waals surface area contributed by atoms with Crippen molar-refractivity contribution in [3.63, 3.8) is 0 Å². The minimum Gasteiger partial charge on any atom is -0.484 e. The second-order valence-electron chi connectivity index (χ2n) is 7.70. The average molecular weight is 440 g/mol. The van der Waals surface area contributed by atoms with E-state index in [0.29, 0.717) is 17.0 Å². The van der Waals surface area contributed by atoms with Crippen molar-refractivity contribution in [1.29, 1.82) is 5.26 Å². The molecule has 0 saturated carbocycles. The van der Waals surface area contributed by atoms with Crippen LogP contribution in [0.25, 0.3) is 6.08 Å². The van der Waals surface area contributed by atoms with Crippen molar-refractivity contribution < 1.29 is 14.3 Å². The molecule has 0 fully saturated rings. The Bertz CT molecular complexity index is 1240. The fourth-order valence-corrected chi connectivity index (χ4v) is 3.06. The monoisotopic (exact) mass is 439 g/mol. The Labute approximate surface area is 193 Å². The van der Waals surface area contributed by atoms with Gasteiger partial charge in [-0.3, -0.25) is 9.59 Å². The van der Waals surface area contributed by atoms with E-state index in [0.717, 1.165) is 22.4 Å². The fraction of sp³-hybridized carbons (Fsp3) is 0.148. The van der Waals surface area contributed by atoms with Gasteiger partial charge in [-0.1, -0.05) is 30.3 Å². The molecule has 3 aromatic rings. The third kappa shape index (κ3) is 6.81. The summed E-state index contributed by atoms with van der Waals surface area (Å²) >= 11 is 0. The number of anilines is 2. The zero-order valence-electron chi connectivity index (χ0n) is 18.8. The summed E-state index contributed by atoms with van der Waals surface area (Å²) in [5, 5.41) is 14.9. The molecule has 0 aliphatic heterocycles. The van der Waals surface area contributed by atoms with Crippen molar-refractivity contribution in [1.82, 2.24) is 0 Å². The summed E-state index contributed by atoms with van der Waals surface area (Å²) in [6.45, 7) is 5.79. The zero-order valence-corrected chi connectivity index (χ0v) is 18.8. The third-order valence-electron chi connectivity index (χ3n) is 4.99. The van der Waals surface area contributed by atoms with Gasteiger partial charge in [0.05, 0.1) is 0 Å². The van der Waals surface area contributed by atoms with Crippen LogP contribution in [0.5, 0.6) is 5.75 Å². The fourth-order valence-electron chi connectivity index (χ4n) is 3.06. The predicted molar refractivity (Wildman–Crippen MR) is 130 cm³/mol. The molecule has 0 heterocycles. The molecule has 3 rings (SSSR count). The number of carbonyl (C=O) groups is 2. The van der Waals surface area contributed by atoms with Crippen LogP contribution in [0.15, 0.2) is 72.3 Å². The molecule has 0 aliphatic rings. The normalized spacial score (nSPS) is 10.8. The molecule has 0 bridgehead atoms. The molecule has 0 aliphatic carbocycles. The minimum atomic E-state index is -0.480. The van der Waals surface area contributed by atoms with E-state index in [2.05, 4.69) is 10.6 Å². The Hall–Kier alpha value is -4.37. The van der Waals surface area contributed by atoms with Gasteiger partial charge in [-0.25, -0.2) is 0 Å². The van der Waals surface area contributed by atoms with Crippen molar-refractivity contribution in [3.05, 3.63) is 94.6 Å². The van der Waals surface area contributed by atoms with E-state index in [1.165, 1.54) is 6.08 Å². The second kappa shape index (κ2) is 10.8. The summed E-state index contributed by atoms with van der Waals surface area (Å²) in [5.74, 6) is -0.238. The number of amides is 2. The topological polar surface area (TPSA) is 91.2 Å². The number of carbonyl (C=O) groups excluding carboxylic acids is 2. The van der Waals surface area contributed by atoms with Crippen LogP contribution in [0.1, 0.15) is 22.3 Å². The molecule has 166 valence electrons. The van der Waals surface area contributed by atoms with E-state index in [1.54, 1.807) is 30.3 Å². The van der Waals surface area contributed by atoms with Gasteiger partial charge in [-0.15, -0.1) is 0 Å². The van der Waals surface area contributed by atoms with Crippen molar-refractivity contribution in [2.75, 3.05) is 17.2 Å². The van der Waals surface area contributed by atoms with Crippen LogP contribution < -0.4 is 15.4 Å². The Morgan fingerprint density at radius 2 is 1.64 bits per heavy atom.